The van der Waals surface area contributed by atoms with Crippen LogP contribution in [0.3, 0.4) is 0 Å². The van der Waals surface area contributed by atoms with Crippen molar-refractivity contribution in [3.63, 3.8) is 0 Å². The molecule has 0 heterocycles. The van der Waals surface area contributed by atoms with Gasteiger partial charge in [-0.25, -0.2) is 0 Å². The number of benzene rings is 1. The Balaban J connectivity index is 3.31. The third-order valence-electron chi connectivity index (χ3n) is 3.37. The molecule has 0 aromatic heterocycles. The molecule has 0 radical (unpaired) electrons. The van der Waals surface area contributed by atoms with Crippen LogP contribution in [0.5, 0.6) is 5.75 Å². The number of ether oxygens (including phenoxy) is 3. The third-order valence-corrected chi connectivity index (χ3v) is 3.37. The van der Waals surface area contributed by atoms with Crippen molar-refractivity contribution in [2.24, 2.45) is 5.92 Å². The molecule has 0 aliphatic rings. The lowest BCUT2D eigenvalue weighted by Crippen LogP contribution is -2.34. The first-order chi connectivity index (χ1) is 11.1. The largest absolute Gasteiger partial charge is 0.496 e. The topological polar surface area (TPSA) is 78.9 Å². The van der Waals surface area contributed by atoms with Gasteiger partial charge in [-0.15, -0.1) is 0 Å². The predicted octanol–water partition coefficient (Wildman–Crippen LogP) is 2.11. The Kier molecular flexibility index (Phi) is 7.80. The molecule has 0 bridgehead atoms. The van der Waals surface area contributed by atoms with E-state index in [0.29, 0.717) is 17.6 Å². The van der Waals surface area contributed by atoms with Gasteiger partial charge in [0.15, 0.2) is 5.92 Å². The number of carbonyl (C=O) groups is 3. The number of methoxy groups -OCH3 is 1. The summed E-state index contributed by atoms with van der Waals surface area (Å²) in [6.45, 7) is 3.57. The fraction of sp³-hybridized carbons (Fsp3) is 0.471. The second-order valence-corrected chi connectivity index (χ2v) is 4.73. The van der Waals surface area contributed by atoms with Crippen LogP contribution in [-0.4, -0.2) is 38.5 Å². The zero-order chi connectivity index (χ0) is 17.2. The quantitative estimate of drug-likeness (QED) is 0.393. The van der Waals surface area contributed by atoms with Crippen LogP contribution in [0.4, 0.5) is 0 Å². The van der Waals surface area contributed by atoms with Crippen LogP contribution >= 0.6 is 0 Å². The number of rotatable bonds is 9. The maximum atomic E-state index is 12.3. The highest BCUT2D eigenvalue weighted by Crippen LogP contribution is 2.35. The average molecular weight is 322 g/mol. The minimum atomic E-state index is -1.21. The van der Waals surface area contributed by atoms with E-state index in [4.69, 9.17) is 14.2 Å². The van der Waals surface area contributed by atoms with Crippen LogP contribution in [0, 0.1) is 5.92 Å². The molecule has 1 aromatic rings. The second kappa shape index (κ2) is 9.61. The Bertz CT molecular complexity index is 522. The average Bonchev–Trinajstić information content (AvgIpc) is 2.55. The number of carbonyl (C=O) groups excluding carboxylic acids is 3. The van der Waals surface area contributed by atoms with E-state index in [1.54, 1.807) is 38.1 Å². The van der Waals surface area contributed by atoms with E-state index in [0.717, 1.165) is 0 Å². The molecule has 1 aromatic carbocycles. The first-order valence-corrected chi connectivity index (χ1v) is 7.50. The van der Waals surface area contributed by atoms with E-state index < -0.39 is 23.8 Å². The fourth-order valence-corrected chi connectivity index (χ4v) is 2.41. The summed E-state index contributed by atoms with van der Waals surface area (Å²) >= 11 is 0. The minimum absolute atomic E-state index is 0.0251. The van der Waals surface area contributed by atoms with Crippen LogP contribution in [0.2, 0.25) is 0 Å². The Labute approximate surface area is 135 Å². The van der Waals surface area contributed by atoms with Gasteiger partial charge in [-0.05, 0) is 25.5 Å². The van der Waals surface area contributed by atoms with E-state index in [9.17, 15) is 14.4 Å². The van der Waals surface area contributed by atoms with E-state index in [-0.39, 0.29) is 19.6 Å². The Morgan fingerprint density at radius 3 is 2.13 bits per heavy atom. The van der Waals surface area contributed by atoms with Crippen molar-refractivity contribution in [3.8, 4) is 5.75 Å². The van der Waals surface area contributed by atoms with E-state index in [2.05, 4.69) is 0 Å². The number of hydrogen-bond donors (Lipinski definition) is 0. The van der Waals surface area contributed by atoms with Crippen molar-refractivity contribution < 1.29 is 28.6 Å². The highest BCUT2D eigenvalue weighted by molar-refractivity contribution is 5.96. The number of para-hydroxylation sites is 1. The van der Waals surface area contributed by atoms with Gasteiger partial charge < -0.3 is 19.0 Å². The molecule has 0 spiro atoms. The maximum Gasteiger partial charge on any atom is 0.320 e. The maximum absolute atomic E-state index is 12.3. The Hall–Kier alpha value is -2.37. The lowest BCUT2D eigenvalue weighted by atomic mass is 9.83. The van der Waals surface area contributed by atoms with Gasteiger partial charge in [-0.2, -0.15) is 0 Å². The molecule has 0 N–H and O–H groups in total. The summed E-state index contributed by atoms with van der Waals surface area (Å²) in [5.74, 6) is -2.83. The number of hydrogen-bond acceptors (Lipinski definition) is 6. The molecule has 0 unspecified atom stereocenters. The van der Waals surface area contributed by atoms with Crippen molar-refractivity contribution in [2.45, 2.75) is 26.2 Å². The lowest BCUT2D eigenvalue weighted by molar-refractivity contribution is -0.162. The number of aldehydes is 1. The van der Waals surface area contributed by atoms with Crippen molar-refractivity contribution in [3.05, 3.63) is 29.8 Å². The third kappa shape index (κ3) is 4.81. The molecule has 6 heteroatoms. The highest BCUT2D eigenvalue weighted by Gasteiger charge is 2.39. The standard InChI is InChI=1S/C17H22O6/c1-4-22-16(19)15(17(20)23-5-2)13(10-11-18)12-8-6-7-9-14(12)21-3/h6-9,11,13,15H,4-5,10H2,1-3H3/t13-/m0/s1. The van der Waals surface area contributed by atoms with Gasteiger partial charge in [-0.1, -0.05) is 18.2 Å². The normalized spacial score (nSPS) is 11.7. The van der Waals surface area contributed by atoms with Gasteiger partial charge in [0, 0.05) is 12.3 Å². The summed E-state index contributed by atoms with van der Waals surface area (Å²) in [5.41, 5.74) is 0.591. The smallest absolute Gasteiger partial charge is 0.320 e. The molecule has 0 fully saturated rings. The predicted molar refractivity (Wildman–Crippen MR) is 83.2 cm³/mol. The molecule has 0 aliphatic heterocycles. The molecule has 23 heavy (non-hydrogen) atoms. The lowest BCUT2D eigenvalue weighted by Gasteiger charge is -2.24. The van der Waals surface area contributed by atoms with Crippen LogP contribution < -0.4 is 4.74 Å². The molecule has 0 amide bonds. The highest BCUT2D eigenvalue weighted by atomic mass is 16.6. The molecule has 1 rings (SSSR count). The van der Waals surface area contributed by atoms with Crippen LogP contribution in [0.15, 0.2) is 24.3 Å². The molecule has 126 valence electrons. The van der Waals surface area contributed by atoms with E-state index in [1.165, 1.54) is 7.11 Å². The summed E-state index contributed by atoms with van der Waals surface area (Å²) < 4.78 is 15.3. The van der Waals surface area contributed by atoms with E-state index in [1.807, 2.05) is 0 Å². The Morgan fingerprint density at radius 2 is 1.65 bits per heavy atom. The van der Waals surface area contributed by atoms with Gasteiger partial charge in [-0.3, -0.25) is 9.59 Å². The van der Waals surface area contributed by atoms with Crippen LogP contribution in [0.25, 0.3) is 0 Å². The molecule has 0 saturated carbocycles. The van der Waals surface area contributed by atoms with Gasteiger partial charge in [0.25, 0.3) is 0 Å². The first-order valence-electron chi connectivity index (χ1n) is 7.50. The molecule has 6 nitrogen and oxygen atoms in total. The minimum Gasteiger partial charge on any atom is -0.496 e. The summed E-state index contributed by atoms with van der Waals surface area (Å²) in [7, 11) is 1.49. The van der Waals surface area contributed by atoms with Crippen LogP contribution in [-0.2, 0) is 23.9 Å². The van der Waals surface area contributed by atoms with Crippen molar-refractivity contribution in [2.75, 3.05) is 20.3 Å². The fourth-order valence-electron chi connectivity index (χ4n) is 2.41. The van der Waals surface area contributed by atoms with Gasteiger partial charge >= 0.3 is 11.9 Å². The molecular weight excluding hydrogens is 300 g/mol. The summed E-state index contributed by atoms with van der Waals surface area (Å²) in [4.78, 5) is 35.6. The monoisotopic (exact) mass is 322 g/mol. The van der Waals surface area contributed by atoms with Gasteiger partial charge in [0.1, 0.15) is 12.0 Å². The summed E-state index contributed by atoms with van der Waals surface area (Å²) in [6, 6.07) is 6.95. The number of esters is 2. The molecule has 1 atom stereocenters. The van der Waals surface area contributed by atoms with E-state index >= 15 is 0 Å². The van der Waals surface area contributed by atoms with Gasteiger partial charge in [0.2, 0.25) is 0 Å². The van der Waals surface area contributed by atoms with Crippen molar-refractivity contribution >= 4 is 18.2 Å². The van der Waals surface area contributed by atoms with Crippen molar-refractivity contribution in [1.29, 1.82) is 0 Å². The van der Waals surface area contributed by atoms with Crippen LogP contribution in [0.1, 0.15) is 31.7 Å². The zero-order valence-electron chi connectivity index (χ0n) is 13.6. The first kappa shape index (κ1) is 18.7. The van der Waals surface area contributed by atoms with Crippen molar-refractivity contribution in [1.82, 2.24) is 0 Å². The zero-order valence-corrected chi connectivity index (χ0v) is 13.6. The molecule has 0 saturated heterocycles. The summed E-state index contributed by atoms with van der Waals surface area (Å²) in [6.07, 6.45) is 0.644. The van der Waals surface area contributed by atoms with Gasteiger partial charge in [0.05, 0.1) is 20.3 Å². The summed E-state index contributed by atoms with van der Waals surface area (Å²) in [5, 5.41) is 0. The SMILES string of the molecule is CCOC(=O)C(C(=O)OCC)[C@@H](CC=O)c1ccccc1OC. The molecular formula is C17H22O6. The molecule has 0 aliphatic carbocycles. The second-order valence-electron chi connectivity index (χ2n) is 4.73. The Morgan fingerprint density at radius 1 is 1.09 bits per heavy atom.